The molecular weight excluding hydrogens is 254 g/mol. The van der Waals surface area contributed by atoms with Crippen LogP contribution >= 0.6 is 11.3 Å². The Balaban J connectivity index is 2.30. The molecule has 1 aromatic carbocycles. The lowest BCUT2D eigenvalue weighted by Gasteiger charge is -1.99. The Labute approximate surface area is 106 Å². The van der Waals surface area contributed by atoms with Gasteiger partial charge in [-0.1, -0.05) is 17.7 Å². The summed E-state index contributed by atoms with van der Waals surface area (Å²) in [5, 5.41) is 0. The van der Waals surface area contributed by atoms with E-state index in [9.17, 15) is 9.00 Å². The topological polar surface area (TPSA) is 60.2 Å². The molecule has 0 aliphatic carbocycles. The highest BCUT2D eigenvalue weighted by Gasteiger charge is 2.12. The van der Waals surface area contributed by atoms with E-state index in [1.54, 1.807) is 12.1 Å². The second-order valence-electron chi connectivity index (χ2n) is 3.56. The van der Waals surface area contributed by atoms with Crippen LogP contribution in [0.2, 0.25) is 0 Å². The summed E-state index contributed by atoms with van der Waals surface area (Å²) in [4.78, 5) is 12.1. The molecule has 0 bridgehead atoms. The summed E-state index contributed by atoms with van der Waals surface area (Å²) in [6.45, 7) is 1.98. The number of rotatable bonds is 3. The first kappa shape index (κ1) is 12.0. The molecule has 2 N–H and O–H groups in total. The molecule has 2 aromatic rings. The second-order valence-corrected chi connectivity index (χ2v) is 6.36. The number of thiophene rings is 1. The van der Waals surface area contributed by atoms with Gasteiger partial charge < -0.3 is 5.73 Å². The largest absolute Gasteiger partial charge is 0.365 e. The molecule has 88 valence electrons. The number of primary amides is 1. The molecule has 2 rings (SSSR count). The van der Waals surface area contributed by atoms with Crippen molar-refractivity contribution in [2.75, 3.05) is 0 Å². The normalized spacial score (nSPS) is 12.3. The van der Waals surface area contributed by atoms with Gasteiger partial charge in [0, 0.05) is 4.90 Å². The molecular formula is C12H11NO2S2. The van der Waals surface area contributed by atoms with E-state index in [0.29, 0.717) is 9.09 Å². The average molecular weight is 265 g/mol. The van der Waals surface area contributed by atoms with E-state index in [1.807, 2.05) is 31.2 Å². The van der Waals surface area contributed by atoms with Crippen LogP contribution in [0.25, 0.3) is 0 Å². The van der Waals surface area contributed by atoms with Crippen LogP contribution in [-0.2, 0) is 10.8 Å². The van der Waals surface area contributed by atoms with Crippen LogP contribution in [0, 0.1) is 6.92 Å². The molecule has 0 saturated heterocycles. The van der Waals surface area contributed by atoms with Gasteiger partial charge in [-0.3, -0.25) is 4.79 Å². The Bertz CT molecular complexity index is 572. The molecule has 1 aromatic heterocycles. The summed E-state index contributed by atoms with van der Waals surface area (Å²) < 4.78 is 12.8. The standard InChI is InChI=1S/C12H11NO2S2/c1-8-2-4-9(5-3-8)17(15)11-7-6-10(16-11)12(13)14/h2-7H,1H3,(H2,13,14). The first-order valence-corrected chi connectivity index (χ1v) is 6.92. The van der Waals surface area contributed by atoms with Crippen LogP contribution in [0.4, 0.5) is 0 Å². The number of hydrogen-bond donors (Lipinski definition) is 1. The highest BCUT2D eigenvalue weighted by Crippen LogP contribution is 2.24. The molecule has 1 atom stereocenters. The summed E-state index contributed by atoms with van der Waals surface area (Å²) in [7, 11) is -1.24. The van der Waals surface area contributed by atoms with Crippen molar-refractivity contribution in [3.63, 3.8) is 0 Å². The smallest absolute Gasteiger partial charge is 0.258 e. The highest BCUT2D eigenvalue weighted by atomic mass is 32.2. The quantitative estimate of drug-likeness (QED) is 0.925. The number of carbonyl (C=O) groups is 1. The Morgan fingerprint density at radius 2 is 1.82 bits per heavy atom. The number of hydrogen-bond acceptors (Lipinski definition) is 3. The van der Waals surface area contributed by atoms with Gasteiger partial charge in [0.2, 0.25) is 0 Å². The summed E-state index contributed by atoms with van der Waals surface area (Å²) in [5.74, 6) is -0.484. The van der Waals surface area contributed by atoms with Gasteiger partial charge in [-0.2, -0.15) is 0 Å². The van der Waals surface area contributed by atoms with Crippen molar-refractivity contribution in [1.82, 2.24) is 0 Å². The van der Waals surface area contributed by atoms with Crippen molar-refractivity contribution >= 4 is 28.0 Å². The third-order valence-electron chi connectivity index (χ3n) is 2.24. The lowest BCUT2D eigenvalue weighted by molar-refractivity contribution is 0.100. The predicted octanol–water partition coefficient (Wildman–Crippen LogP) is 2.32. The van der Waals surface area contributed by atoms with Crippen molar-refractivity contribution < 1.29 is 9.00 Å². The lowest BCUT2D eigenvalue weighted by Crippen LogP contribution is -2.08. The van der Waals surface area contributed by atoms with Crippen molar-refractivity contribution in [1.29, 1.82) is 0 Å². The maximum absolute atomic E-state index is 12.2. The maximum atomic E-state index is 12.2. The number of benzene rings is 1. The molecule has 0 fully saturated rings. The molecule has 17 heavy (non-hydrogen) atoms. The lowest BCUT2D eigenvalue weighted by atomic mass is 10.2. The van der Waals surface area contributed by atoms with E-state index in [1.165, 1.54) is 11.3 Å². The monoisotopic (exact) mass is 265 g/mol. The van der Waals surface area contributed by atoms with Gasteiger partial charge in [-0.25, -0.2) is 4.21 Å². The van der Waals surface area contributed by atoms with Crippen LogP contribution in [-0.4, -0.2) is 10.1 Å². The summed E-state index contributed by atoms with van der Waals surface area (Å²) in [5.41, 5.74) is 6.28. The number of carbonyl (C=O) groups excluding carboxylic acids is 1. The zero-order valence-electron chi connectivity index (χ0n) is 9.17. The van der Waals surface area contributed by atoms with Crippen molar-refractivity contribution in [2.45, 2.75) is 16.0 Å². The third kappa shape index (κ3) is 2.62. The van der Waals surface area contributed by atoms with E-state index in [0.717, 1.165) is 10.5 Å². The van der Waals surface area contributed by atoms with Crippen LogP contribution in [0.1, 0.15) is 15.2 Å². The average Bonchev–Trinajstić information content (AvgIpc) is 2.78. The first-order valence-electron chi connectivity index (χ1n) is 4.96. The summed E-state index contributed by atoms with van der Waals surface area (Å²) in [6.07, 6.45) is 0. The van der Waals surface area contributed by atoms with E-state index >= 15 is 0 Å². The minimum atomic E-state index is -1.24. The summed E-state index contributed by atoms with van der Waals surface area (Å²) in [6, 6.07) is 10.8. The fourth-order valence-electron chi connectivity index (χ4n) is 1.33. The minimum absolute atomic E-state index is 0.431. The highest BCUT2D eigenvalue weighted by molar-refractivity contribution is 7.87. The Morgan fingerprint density at radius 1 is 1.18 bits per heavy atom. The first-order chi connectivity index (χ1) is 8.08. The Kier molecular flexibility index (Phi) is 3.40. The molecule has 1 unspecified atom stereocenters. The Morgan fingerprint density at radius 3 is 2.35 bits per heavy atom. The van der Waals surface area contributed by atoms with Gasteiger partial charge in [0.1, 0.15) is 0 Å². The minimum Gasteiger partial charge on any atom is -0.365 e. The van der Waals surface area contributed by atoms with Crippen molar-refractivity contribution in [2.24, 2.45) is 5.73 Å². The fraction of sp³-hybridized carbons (Fsp3) is 0.0833. The number of aryl methyl sites for hydroxylation is 1. The number of amides is 1. The van der Waals surface area contributed by atoms with Crippen molar-refractivity contribution in [3.8, 4) is 0 Å². The van der Waals surface area contributed by atoms with E-state index in [-0.39, 0.29) is 0 Å². The second kappa shape index (κ2) is 4.81. The van der Waals surface area contributed by atoms with Gasteiger partial charge in [-0.05, 0) is 31.2 Å². The van der Waals surface area contributed by atoms with Gasteiger partial charge in [0.15, 0.2) is 0 Å². The fourth-order valence-corrected chi connectivity index (χ4v) is 3.59. The molecule has 0 spiro atoms. The third-order valence-corrected chi connectivity index (χ3v) is 5.04. The predicted molar refractivity (Wildman–Crippen MR) is 68.7 cm³/mol. The van der Waals surface area contributed by atoms with Gasteiger partial charge in [-0.15, -0.1) is 11.3 Å². The molecule has 1 amide bonds. The molecule has 0 aliphatic heterocycles. The molecule has 0 aliphatic rings. The van der Waals surface area contributed by atoms with Gasteiger partial charge >= 0.3 is 0 Å². The molecule has 0 saturated carbocycles. The van der Waals surface area contributed by atoms with Crippen LogP contribution < -0.4 is 5.73 Å². The zero-order chi connectivity index (χ0) is 12.4. The molecule has 5 heteroatoms. The molecule has 3 nitrogen and oxygen atoms in total. The van der Waals surface area contributed by atoms with E-state index < -0.39 is 16.7 Å². The van der Waals surface area contributed by atoms with Gasteiger partial charge in [0.25, 0.3) is 5.91 Å². The summed E-state index contributed by atoms with van der Waals surface area (Å²) >= 11 is 1.17. The molecule has 1 heterocycles. The Hall–Kier alpha value is -1.46. The maximum Gasteiger partial charge on any atom is 0.258 e. The van der Waals surface area contributed by atoms with E-state index in [4.69, 9.17) is 5.73 Å². The van der Waals surface area contributed by atoms with Crippen LogP contribution in [0.5, 0.6) is 0 Å². The van der Waals surface area contributed by atoms with Crippen LogP contribution in [0.3, 0.4) is 0 Å². The SMILES string of the molecule is Cc1ccc(S(=O)c2ccc(C(N)=O)s2)cc1. The number of nitrogens with two attached hydrogens (primary N) is 1. The van der Waals surface area contributed by atoms with Crippen LogP contribution in [0.15, 0.2) is 45.5 Å². The molecule has 0 radical (unpaired) electrons. The van der Waals surface area contributed by atoms with Crippen molar-refractivity contribution in [3.05, 3.63) is 46.8 Å². The van der Waals surface area contributed by atoms with E-state index in [2.05, 4.69) is 0 Å². The zero-order valence-corrected chi connectivity index (χ0v) is 10.8. The van der Waals surface area contributed by atoms with Gasteiger partial charge in [0.05, 0.1) is 19.9 Å².